The highest BCUT2D eigenvalue weighted by molar-refractivity contribution is 5.39. The fourth-order valence-corrected chi connectivity index (χ4v) is 1.91. The number of nitrogens with zero attached hydrogens (tertiary/aromatic N) is 2. The lowest BCUT2D eigenvalue weighted by atomic mass is 10.0. The van der Waals surface area contributed by atoms with Crippen molar-refractivity contribution in [1.29, 1.82) is 0 Å². The second kappa shape index (κ2) is 6.62. The maximum atomic E-state index is 9.62. The molecule has 0 fully saturated rings. The molecule has 0 saturated carbocycles. The Hall–Kier alpha value is -1.48. The third-order valence-corrected chi connectivity index (χ3v) is 3.03. The Kier molecular flexibility index (Phi) is 5.43. The molecule has 1 aromatic rings. The maximum absolute atomic E-state index is 9.62. The van der Waals surface area contributed by atoms with Gasteiger partial charge in [-0.25, -0.2) is 9.97 Å². The highest BCUT2D eigenvalue weighted by atomic mass is 16.3. The molecule has 0 saturated heterocycles. The van der Waals surface area contributed by atoms with Gasteiger partial charge in [-0.15, -0.1) is 0 Å². The average Bonchev–Trinajstić information content (AvgIpc) is 2.30. The van der Waals surface area contributed by atoms with Crippen molar-refractivity contribution in [3.63, 3.8) is 0 Å². The van der Waals surface area contributed by atoms with Crippen molar-refractivity contribution in [3.8, 4) is 0 Å². The molecule has 0 radical (unpaired) electrons. The van der Waals surface area contributed by atoms with E-state index < -0.39 is 5.60 Å². The van der Waals surface area contributed by atoms with Crippen LogP contribution in [0.15, 0.2) is 18.7 Å². The van der Waals surface area contributed by atoms with Crippen LogP contribution in [0.5, 0.6) is 0 Å². The van der Waals surface area contributed by atoms with Gasteiger partial charge < -0.3 is 5.11 Å². The summed E-state index contributed by atoms with van der Waals surface area (Å²) in [6.45, 7) is 11.4. The quantitative estimate of drug-likeness (QED) is 0.797. The summed E-state index contributed by atoms with van der Waals surface area (Å²) in [6, 6.07) is 0. The van der Waals surface area contributed by atoms with Crippen LogP contribution in [0.25, 0.3) is 6.08 Å². The lowest BCUT2D eigenvalue weighted by Gasteiger charge is -2.14. The Morgan fingerprint density at radius 1 is 1.16 bits per heavy atom. The summed E-state index contributed by atoms with van der Waals surface area (Å²) in [7, 11) is 0. The van der Waals surface area contributed by atoms with E-state index >= 15 is 0 Å². The molecule has 0 unspecified atom stereocenters. The first-order valence-corrected chi connectivity index (χ1v) is 6.67. The number of hydrogen-bond acceptors (Lipinski definition) is 3. The molecule has 0 atom stereocenters. The van der Waals surface area contributed by atoms with Gasteiger partial charge in [0.25, 0.3) is 0 Å². The molecule has 0 aliphatic rings. The maximum Gasteiger partial charge on any atom is 0.151 e. The second-order valence-corrected chi connectivity index (χ2v) is 5.46. The van der Waals surface area contributed by atoms with Crippen LogP contribution in [0, 0.1) is 13.8 Å². The van der Waals surface area contributed by atoms with Gasteiger partial charge in [-0.05, 0) is 58.6 Å². The zero-order valence-corrected chi connectivity index (χ0v) is 12.4. The smallest absolute Gasteiger partial charge is 0.151 e. The first kappa shape index (κ1) is 15.6. The molecule has 0 spiro atoms. The van der Waals surface area contributed by atoms with Gasteiger partial charge in [-0.2, -0.15) is 0 Å². The molecule has 1 rings (SSSR count). The normalized spacial score (nSPS) is 12.1. The molecule has 0 amide bonds. The van der Waals surface area contributed by atoms with Crippen molar-refractivity contribution in [2.45, 2.75) is 52.6 Å². The minimum atomic E-state index is -0.592. The van der Waals surface area contributed by atoms with Gasteiger partial charge in [0.2, 0.25) is 0 Å². The van der Waals surface area contributed by atoms with Gasteiger partial charge in [0, 0.05) is 11.4 Å². The minimum absolute atomic E-state index is 0.592. The largest absolute Gasteiger partial charge is 0.390 e. The predicted octanol–water partition coefficient (Wildman–Crippen LogP) is 3.39. The standard InChI is InChI=1S/C16H24N2O/c1-6-15-17-12(2)14(13(3)18-15)10-8-7-9-11-16(4,5)19/h6-8,19H,1,9-11H2,2-5H3/b8-7-. The molecular weight excluding hydrogens is 236 g/mol. The first-order valence-electron chi connectivity index (χ1n) is 6.67. The van der Waals surface area contributed by atoms with Crippen molar-refractivity contribution < 1.29 is 5.11 Å². The molecule has 1 aromatic heterocycles. The van der Waals surface area contributed by atoms with Gasteiger partial charge >= 0.3 is 0 Å². The second-order valence-electron chi connectivity index (χ2n) is 5.46. The molecule has 0 aliphatic heterocycles. The number of allylic oxidation sites excluding steroid dienone is 2. The van der Waals surface area contributed by atoms with E-state index in [1.54, 1.807) is 6.08 Å². The minimum Gasteiger partial charge on any atom is -0.390 e. The van der Waals surface area contributed by atoms with Crippen LogP contribution in [0.3, 0.4) is 0 Å². The number of aromatic nitrogens is 2. The Morgan fingerprint density at radius 3 is 2.21 bits per heavy atom. The third-order valence-electron chi connectivity index (χ3n) is 3.03. The van der Waals surface area contributed by atoms with Crippen LogP contribution in [0.1, 0.15) is 49.5 Å². The van der Waals surface area contributed by atoms with E-state index in [2.05, 4.69) is 28.7 Å². The number of hydrogen-bond donors (Lipinski definition) is 1. The summed E-state index contributed by atoms with van der Waals surface area (Å²) in [5.74, 6) is 0.685. The van der Waals surface area contributed by atoms with Gasteiger partial charge in [0.05, 0.1) is 5.60 Å². The number of aliphatic hydroxyl groups is 1. The van der Waals surface area contributed by atoms with Gasteiger partial charge in [-0.1, -0.05) is 18.7 Å². The Labute approximate surface area is 116 Å². The molecule has 1 N–H and O–H groups in total. The first-order chi connectivity index (χ1) is 8.83. The van der Waals surface area contributed by atoms with E-state index in [1.165, 1.54) is 5.56 Å². The average molecular weight is 260 g/mol. The summed E-state index contributed by atoms with van der Waals surface area (Å²) < 4.78 is 0. The SMILES string of the molecule is C=Cc1nc(C)c(C/C=C\CCC(C)(C)O)c(C)n1. The van der Waals surface area contributed by atoms with Crippen molar-refractivity contribution in [1.82, 2.24) is 9.97 Å². The van der Waals surface area contributed by atoms with E-state index in [-0.39, 0.29) is 0 Å². The summed E-state index contributed by atoms with van der Waals surface area (Å²) in [6.07, 6.45) is 8.39. The Bertz CT molecular complexity index is 447. The van der Waals surface area contributed by atoms with Crippen LogP contribution in [0.4, 0.5) is 0 Å². The van der Waals surface area contributed by atoms with Crippen LogP contribution in [0.2, 0.25) is 0 Å². The van der Waals surface area contributed by atoms with Gasteiger partial charge in [-0.3, -0.25) is 0 Å². The molecule has 104 valence electrons. The Balaban J connectivity index is 2.63. The van der Waals surface area contributed by atoms with Crippen molar-refractivity contribution in [3.05, 3.63) is 41.5 Å². The van der Waals surface area contributed by atoms with Crippen LogP contribution in [-0.4, -0.2) is 20.7 Å². The predicted molar refractivity (Wildman–Crippen MR) is 80.0 cm³/mol. The van der Waals surface area contributed by atoms with Crippen LogP contribution >= 0.6 is 0 Å². The summed E-state index contributed by atoms with van der Waals surface area (Å²) in [5, 5.41) is 9.62. The number of rotatable bonds is 6. The fraction of sp³-hybridized carbons (Fsp3) is 0.500. The zero-order chi connectivity index (χ0) is 14.5. The zero-order valence-electron chi connectivity index (χ0n) is 12.4. The van der Waals surface area contributed by atoms with Crippen molar-refractivity contribution >= 4 is 6.08 Å². The molecule has 3 heteroatoms. The molecular formula is C16H24N2O. The highest BCUT2D eigenvalue weighted by Crippen LogP contribution is 2.14. The fourth-order valence-electron chi connectivity index (χ4n) is 1.91. The third kappa shape index (κ3) is 5.35. The topological polar surface area (TPSA) is 46.0 Å². The lowest BCUT2D eigenvalue weighted by Crippen LogP contribution is -2.17. The summed E-state index contributed by atoms with van der Waals surface area (Å²) in [4.78, 5) is 8.78. The van der Waals surface area contributed by atoms with E-state index in [0.717, 1.165) is 30.7 Å². The molecule has 3 nitrogen and oxygen atoms in total. The van der Waals surface area contributed by atoms with E-state index in [1.807, 2.05) is 27.7 Å². The number of aryl methyl sites for hydroxylation is 2. The monoisotopic (exact) mass is 260 g/mol. The van der Waals surface area contributed by atoms with E-state index in [9.17, 15) is 5.11 Å². The highest BCUT2D eigenvalue weighted by Gasteiger charge is 2.10. The molecule has 0 aliphatic carbocycles. The van der Waals surface area contributed by atoms with Crippen LogP contribution in [-0.2, 0) is 6.42 Å². The van der Waals surface area contributed by atoms with E-state index in [0.29, 0.717) is 5.82 Å². The lowest BCUT2D eigenvalue weighted by molar-refractivity contribution is 0.0721. The van der Waals surface area contributed by atoms with Crippen LogP contribution < -0.4 is 0 Å². The van der Waals surface area contributed by atoms with E-state index in [4.69, 9.17) is 0 Å². The van der Waals surface area contributed by atoms with Crippen molar-refractivity contribution in [2.75, 3.05) is 0 Å². The molecule has 19 heavy (non-hydrogen) atoms. The Morgan fingerprint density at radius 2 is 1.74 bits per heavy atom. The van der Waals surface area contributed by atoms with Crippen molar-refractivity contribution in [2.24, 2.45) is 0 Å². The summed E-state index contributed by atoms with van der Waals surface area (Å²) in [5.41, 5.74) is 2.60. The van der Waals surface area contributed by atoms with Gasteiger partial charge in [0.1, 0.15) is 0 Å². The van der Waals surface area contributed by atoms with Gasteiger partial charge in [0.15, 0.2) is 5.82 Å². The molecule has 1 heterocycles. The molecule has 0 aromatic carbocycles. The summed E-state index contributed by atoms with van der Waals surface area (Å²) >= 11 is 0. The molecule has 0 bridgehead atoms.